The molecule has 4 unspecified atom stereocenters. The Morgan fingerprint density at radius 2 is 1.05 bits per heavy atom. The number of hydrogen-bond donors (Lipinski definition) is 1. The minimum absolute atomic E-state index is 0.00145. The number of hydrogen-bond acceptors (Lipinski definition) is 3. The number of phenols is 1. The maximum atomic E-state index is 12.8. The summed E-state index contributed by atoms with van der Waals surface area (Å²) < 4.78 is 6.60. The largest absolute Gasteiger partial charge is 0.507 e. The Morgan fingerprint density at radius 1 is 0.571 bits per heavy atom. The number of nitrogens with zero attached hydrogens (tertiary/aromatic N) is 1. The van der Waals surface area contributed by atoms with Crippen LogP contribution >= 0.6 is 23.0 Å². The van der Waals surface area contributed by atoms with Gasteiger partial charge >= 0.3 is 0 Å². The van der Waals surface area contributed by atoms with Gasteiger partial charge in [-0.15, -0.1) is 0 Å². The molecule has 63 heavy (non-hydrogen) atoms. The molecule has 6 saturated carbocycles. The van der Waals surface area contributed by atoms with Gasteiger partial charge in [0.25, 0.3) is 0 Å². The fourth-order valence-electron chi connectivity index (χ4n) is 14.6. The van der Waals surface area contributed by atoms with Gasteiger partial charge in [0.15, 0.2) is 23.0 Å². The van der Waals surface area contributed by atoms with Crippen molar-refractivity contribution >= 4 is 23.0 Å². The topological polar surface area (TPSA) is 42.4 Å². The van der Waals surface area contributed by atoms with Crippen molar-refractivity contribution in [2.45, 2.75) is 154 Å². The average Bonchev–Trinajstić information content (AvgIpc) is 3.24. The number of rotatable bonds is 8. The first kappa shape index (κ1) is 43.3. The van der Waals surface area contributed by atoms with E-state index in [0.717, 1.165) is 75.0 Å². The second kappa shape index (κ2) is 16.1. The Kier molecular flexibility index (Phi) is 11.0. The van der Waals surface area contributed by atoms with Gasteiger partial charge < -0.3 is 8.17 Å². The molecule has 3 nitrogen and oxygen atoms in total. The maximum absolute atomic E-state index is 12.8. The molecule has 0 saturated heterocycles. The van der Waals surface area contributed by atoms with E-state index in [1.54, 1.807) is 0 Å². The van der Waals surface area contributed by atoms with Gasteiger partial charge in [-0.1, -0.05) is 129 Å². The Labute approximate surface area is 393 Å². The van der Waals surface area contributed by atoms with Crippen molar-refractivity contribution in [1.82, 2.24) is 4.98 Å². The normalized spacial score (nSPS) is 28.9. The quantitative estimate of drug-likeness (QED) is 0.158. The van der Waals surface area contributed by atoms with E-state index in [9.17, 15) is 5.11 Å². The van der Waals surface area contributed by atoms with Gasteiger partial charge in [-0.2, -0.15) is 0 Å². The zero-order valence-electron chi connectivity index (χ0n) is 39.3. The molecule has 0 spiro atoms. The number of halogens is 1. The monoisotopic (exact) mass is 951 g/mol. The molecule has 1 heterocycles. The lowest BCUT2D eigenvalue weighted by atomic mass is 9.47. The van der Waals surface area contributed by atoms with Crippen LogP contribution in [0.15, 0.2) is 91.0 Å². The summed E-state index contributed by atoms with van der Waals surface area (Å²) in [4.78, 5) is 5.56. The number of phenolic OH excluding ortho intramolecular Hbond substituents is 1. The molecule has 0 amide bonds. The van der Waals surface area contributed by atoms with Gasteiger partial charge in [-0.25, -0.2) is 4.98 Å². The SMILES string of the molecule is CCC1CC2CC(C)CC(c3cc(C(C)(C)C)cc(-c4ccccc4-c4cccc(-c5ccccc5-c5cc(C(C)(C)C)cc(C67CC8CC(CC(C8)C6)C7)c5OI)n4)c3O)(C1)C2. The molecule has 6 aliphatic rings. The van der Waals surface area contributed by atoms with Crippen molar-refractivity contribution < 1.29 is 8.17 Å². The molecule has 1 N–H and O–H groups in total. The predicted molar refractivity (Wildman–Crippen MR) is 271 cm³/mol. The van der Waals surface area contributed by atoms with Crippen molar-refractivity contribution in [3.63, 3.8) is 0 Å². The van der Waals surface area contributed by atoms with Crippen LogP contribution < -0.4 is 3.07 Å². The van der Waals surface area contributed by atoms with Crippen molar-refractivity contribution in [3.05, 3.63) is 113 Å². The molecule has 6 fully saturated rings. The summed E-state index contributed by atoms with van der Waals surface area (Å²) in [5.41, 5.74) is 13.7. The number of pyridine rings is 1. The van der Waals surface area contributed by atoms with Crippen LogP contribution in [0.3, 0.4) is 0 Å². The van der Waals surface area contributed by atoms with Crippen LogP contribution in [0.25, 0.3) is 44.8 Å². The first-order valence-electron chi connectivity index (χ1n) is 24.6. The lowest BCUT2D eigenvalue weighted by molar-refractivity contribution is -0.00567. The summed E-state index contributed by atoms with van der Waals surface area (Å²) in [5, 5.41) is 12.8. The Hall–Kier alpha value is -3.64. The molecular weight excluding hydrogens is 882 g/mol. The van der Waals surface area contributed by atoms with E-state index in [-0.39, 0.29) is 21.7 Å². The summed E-state index contributed by atoms with van der Waals surface area (Å²) in [5.74, 6) is 6.14. The van der Waals surface area contributed by atoms with Gasteiger partial charge in [0, 0.05) is 33.4 Å². The van der Waals surface area contributed by atoms with Gasteiger partial charge in [0.1, 0.15) is 11.5 Å². The van der Waals surface area contributed by atoms with E-state index in [1.807, 2.05) is 0 Å². The molecule has 4 heteroatoms. The second-order valence-corrected chi connectivity index (χ2v) is 24.1. The summed E-state index contributed by atoms with van der Waals surface area (Å²) >= 11 is 2.17. The molecule has 0 aliphatic heterocycles. The van der Waals surface area contributed by atoms with Crippen molar-refractivity contribution in [2.75, 3.05) is 0 Å². The van der Waals surface area contributed by atoms with Crippen LogP contribution in [0.5, 0.6) is 11.5 Å². The summed E-state index contributed by atoms with van der Waals surface area (Å²) in [7, 11) is 0. The fraction of sp³-hybridized carbons (Fsp3) is 0.508. The highest BCUT2D eigenvalue weighted by atomic mass is 127. The van der Waals surface area contributed by atoms with Crippen LogP contribution in [0.2, 0.25) is 0 Å². The second-order valence-electron chi connectivity index (χ2n) is 23.7. The van der Waals surface area contributed by atoms with E-state index >= 15 is 0 Å². The number of aromatic hydroxyl groups is 1. The fourth-order valence-corrected chi connectivity index (χ4v) is 15.1. The first-order chi connectivity index (χ1) is 30.1. The van der Waals surface area contributed by atoms with Gasteiger partial charge in [-0.3, -0.25) is 0 Å². The zero-order valence-corrected chi connectivity index (χ0v) is 41.4. The highest BCUT2D eigenvalue weighted by Gasteiger charge is 2.53. The van der Waals surface area contributed by atoms with E-state index < -0.39 is 0 Å². The van der Waals surface area contributed by atoms with Crippen LogP contribution in [0.1, 0.15) is 155 Å². The third-order valence-electron chi connectivity index (χ3n) is 17.0. The summed E-state index contributed by atoms with van der Waals surface area (Å²) in [6.45, 7) is 18.8. The first-order valence-corrected chi connectivity index (χ1v) is 25.5. The average molecular weight is 952 g/mol. The number of benzene rings is 4. The molecule has 4 aromatic carbocycles. The van der Waals surface area contributed by atoms with E-state index in [2.05, 4.69) is 169 Å². The lowest BCUT2D eigenvalue weighted by Crippen LogP contribution is -2.48. The third kappa shape index (κ3) is 7.78. The van der Waals surface area contributed by atoms with Crippen LogP contribution in [0, 0.1) is 35.5 Å². The molecule has 11 rings (SSSR count). The number of fused-ring (bicyclic) bond motifs is 2. The minimum atomic E-state index is -0.0798. The predicted octanol–water partition coefficient (Wildman–Crippen LogP) is 16.7. The van der Waals surface area contributed by atoms with Gasteiger partial charge in [0.05, 0.1) is 11.4 Å². The molecule has 330 valence electrons. The summed E-state index contributed by atoms with van der Waals surface area (Å²) in [6, 6.07) is 33.7. The molecule has 6 bridgehead atoms. The Morgan fingerprint density at radius 3 is 1.57 bits per heavy atom. The highest BCUT2D eigenvalue weighted by Crippen LogP contribution is 2.64. The van der Waals surface area contributed by atoms with Crippen LogP contribution in [0.4, 0.5) is 0 Å². The standard InChI is InChI=1S/C59H70INO2/c1-9-37-22-38-21-36(2)30-58(31-37,32-38)50-28-42(56(3,4)5)26-48(54(50)62)44-15-10-12-17-46(44)52-19-14-20-53(61-52)47-18-13-11-16-45(47)49-27-43(57(6,7)8)29-51(55(49)63-60)59-33-39-23-40(34-59)25-41(24-39)35-59/h10-20,26-29,36-41,62H,9,21-25,30-35H2,1-8H3. The number of aromatic nitrogens is 1. The smallest absolute Gasteiger partial charge is 0.192 e. The Bertz CT molecular complexity index is 2500. The van der Waals surface area contributed by atoms with Crippen molar-refractivity contribution in [3.8, 4) is 56.3 Å². The highest BCUT2D eigenvalue weighted by molar-refractivity contribution is 14.1. The lowest BCUT2D eigenvalue weighted by Gasteiger charge is -2.57. The summed E-state index contributed by atoms with van der Waals surface area (Å²) in [6.07, 6.45) is 15.5. The van der Waals surface area contributed by atoms with Gasteiger partial charge in [0.2, 0.25) is 0 Å². The van der Waals surface area contributed by atoms with E-state index in [1.165, 1.54) is 98.4 Å². The van der Waals surface area contributed by atoms with Crippen LogP contribution in [-0.4, -0.2) is 10.1 Å². The van der Waals surface area contributed by atoms with E-state index in [0.29, 0.717) is 17.6 Å². The van der Waals surface area contributed by atoms with Crippen molar-refractivity contribution in [1.29, 1.82) is 0 Å². The van der Waals surface area contributed by atoms with Gasteiger partial charge in [-0.05, 0) is 174 Å². The van der Waals surface area contributed by atoms with E-state index in [4.69, 9.17) is 8.05 Å². The molecule has 1 aromatic heterocycles. The Balaban J connectivity index is 1.10. The van der Waals surface area contributed by atoms with Crippen LogP contribution in [-0.2, 0) is 21.7 Å². The maximum Gasteiger partial charge on any atom is 0.192 e. The molecule has 0 radical (unpaired) electrons. The molecule has 4 atom stereocenters. The zero-order chi connectivity index (χ0) is 44.1. The molecule has 6 aliphatic carbocycles. The molecule has 5 aromatic rings. The van der Waals surface area contributed by atoms with Crippen molar-refractivity contribution in [2.24, 2.45) is 35.5 Å². The minimum Gasteiger partial charge on any atom is -0.507 e. The third-order valence-corrected chi connectivity index (χ3v) is 17.4. The molecular formula is C59H70INO2.